The van der Waals surface area contributed by atoms with E-state index in [-0.39, 0.29) is 11.2 Å². The second-order valence-corrected chi connectivity index (χ2v) is 7.01. The van der Waals surface area contributed by atoms with Crippen LogP contribution in [0.3, 0.4) is 0 Å². The lowest BCUT2D eigenvalue weighted by atomic mass is 9.68. The number of aromatic carboxylic acids is 1. The Kier molecular flexibility index (Phi) is 3.64. The molecular weight excluding hydrogens is 306 g/mol. The molecule has 0 amide bonds. The molecule has 0 radical (unpaired) electrons. The topological polar surface area (TPSA) is 79.2 Å². The first-order chi connectivity index (χ1) is 11.6. The van der Waals surface area contributed by atoms with Crippen molar-refractivity contribution < 1.29 is 19.2 Å². The molecule has 4 rings (SSSR count). The van der Waals surface area contributed by atoms with Gasteiger partial charge in [0.1, 0.15) is 7.05 Å². The monoisotopic (exact) mass is 328 g/mol. The SMILES string of the molecule is C[n+]1oc(C2(CN[C@H]3CC3c3ccccc3)CCC2)nc1C(=O)O. The number of nitrogens with zero attached hydrogens (tertiary/aromatic N) is 2. The van der Waals surface area contributed by atoms with Crippen LogP contribution in [0.1, 0.15) is 53.7 Å². The molecule has 24 heavy (non-hydrogen) atoms. The van der Waals surface area contributed by atoms with Crippen molar-refractivity contribution in [3.8, 4) is 0 Å². The first kappa shape index (κ1) is 15.3. The molecule has 0 bridgehead atoms. The van der Waals surface area contributed by atoms with Gasteiger partial charge in [-0.15, -0.1) is 0 Å². The van der Waals surface area contributed by atoms with Gasteiger partial charge in [0.05, 0.1) is 5.41 Å². The molecule has 2 aromatic rings. The van der Waals surface area contributed by atoms with Crippen molar-refractivity contribution in [1.29, 1.82) is 0 Å². The summed E-state index contributed by atoms with van der Waals surface area (Å²) in [4.78, 5) is 15.4. The fourth-order valence-corrected chi connectivity index (χ4v) is 3.64. The summed E-state index contributed by atoms with van der Waals surface area (Å²) in [5.74, 6) is 0.0442. The highest BCUT2D eigenvalue weighted by Gasteiger charge is 2.50. The van der Waals surface area contributed by atoms with Gasteiger partial charge in [-0.2, -0.15) is 0 Å². The average Bonchev–Trinajstić information content (AvgIpc) is 3.21. The molecule has 2 aliphatic rings. The minimum Gasteiger partial charge on any atom is -0.472 e. The zero-order chi connectivity index (χ0) is 16.7. The van der Waals surface area contributed by atoms with E-state index >= 15 is 0 Å². The molecule has 2 saturated carbocycles. The zero-order valence-corrected chi connectivity index (χ0v) is 13.7. The van der Waals surface area contributed by atoms with Gasteiger partial charge in [-0.3, -0.25) is 4.52 Å². The molecule has 1 aromatic carbocycles. The van der Waals surface area contributed by atoms with Gasteiger partial charge in [-0.05, 0) is 24.8 Å². The number of aromatic nitrogens is 2. The van der Waals surface area contributed by atoms with E-state index in [2.05, 4.69) is 34.6 Å². The molecule has 2 atom stereocenters. The predicted octanol–water partition coefficient (Wildman–Crippen LogP) is 1.76. The first-order valence-electron chi connectivity index (χ1n) is 8.48. The Bertz CT molecular complexity index is 752. The molecule has 2 aliphatic carbocycles. The van der Waals surface area contributed by atoms with Crippen molar-refractivity contribution >= 4 is 5.97 Å². The predicted molar refractivity (Wildman–Crippen MR) is 85.8 cm³/mol. The Morgan fingerprint density at radius 2 is 2.17 bits per heavy atom. The van der Waals surface area contributed by atoms with E-state index in [9.17, 15) is 4.79 Å². The summed E-state index contributed by atoms with van der Waals surface area (Å²) >= 11 is 0. The molecule has 1 aromatic heterocycles. The molecule has 0 spiro atoms. The van der Waals surface area contributed by atoms with Gasteiger partial charge in [0.15, 0.2) is 0 Å². The van der Waals surface area contributed by atoms with Crippen LogP contribution in [-0.2, 0) is 12.5 Å². The van der Waals surface area contributed by atoms with Gasteiger partial charge >= 0.3 is 17.7 Å². The van der Waals surface area contributed by atoms with Crippen LogP contribution in [0, 0.1) is 0 Å². The Hall–Kier alpha value is -2.21. The van der Waals surface area contributed by atoms with Crippen LogP contribution in [-0.4, -0.2) is 28.6 Å². The van der Waals surface area contributed by atoms with E-state index in [1.807, 2.05) is 6.07 Å². The molecule has 1 unspecified atom stereocenters. The van der Waals surface area contributed by atoms with Crippen LogP contribution in [0.15, 0.2) is 34.9 Å². The maximum Gasteiger partial charge on any atom is 0.447 e. The van der Waals surface area contributed by atoms with E-state index in [0.29, 0.717) is 17.9 Å². The van der Waals surface area contributed by atoms with Crippen molar-refractivity contribution in [2.75, 3.05) is 6.54 Å². The third-order valence-corrected chi connectivity index (χ3v) is 5.41. The fourth-order valence-electron chi connectivity index (χ4n) is 3.64. The lowest BCUT2D eigenvalue weighted by Gasteiger charge is -2.36. The van der Waals surface area contributed by atoms with Crippen LogP contribution in [0.5, 0.6) is 0 Å². The maximum absolute atomic E-state index is 11.2. The van der Waals surface area contributed by atoms with Crippen molar-refractivity contribution in [1.82, 2.24) is 10.3 Å². The largest absolute Gasteiger partial charge is 0.472 e. The molecule has 2 fully saturated rings. The molecule has 2 N–H and O–H groups in total. The minimum absolute atomic E-state index is 0.0372. The lowest BCUT2D eigenvalue weighted by Crippen LogP contribution is -2.45. The van der Waals surface area contributed by atoms with E-state index in [4.69, 9.17) is 9.63 Å². The van der Waals surface area contributed by atoms with E-state index in [1.54, 1.807) is 7.05 Å². The molecule has 6 nitrogen and oxygen atoms in total. The van der Waals surface area contributed by atoms with E-state index < -0.39 is 5.97 Å². The smallest absolute Gasteiger partial charge is 0.447 e. The van der Waals surface area contributed by atoms with Crippen molar-refractivity contribution in [2.24, 2.45) is 7.05 Å². The fraction of sp³-hybridized carbons (Fsp3) is 0.500. The highest BCUT2D eigenvalue weighted by atomic mass is 16.5. The molecule has 1 heterocycles. The van der Waals surface area contributed by atoms with Crippen LogP contribution in [0.25, 0.3) is 0 Å². The molecular formula is C18H22N3O3+. The summed E-state index contributed by atoms with van der Waals surface area (Å²) < 4.78 is 6.88. The second-order valence-electron chi connectivity index (χ2n) is 7.01. The summed E-state index contributed by atoms with van der Waals surface area (Å²) in [6.45, 7) is 0.792. The number of rotatable bonds is 6. The number of aryl methyl sites for hydroxylation is 1. The number of carbonyl (C=O) groups is 1. The van der Waals surface area contributed by atoms with Gasteiger partial charge in [-0.1, -0.05) is 41.5 Å². The Labute approximate surface area is 140 Å². The number of benzene rings is 1. The van der Waals surface area contributed by atoms with E-state index in [1.165, 1.54) is 10.3 Å². The first-order valence-corrected chi connectivity index (χ1v) is 8.48. The Balaban J connectivity index is 1.43. The summed E-state index contributed by atoms with van der Waals surface area (Å²) in [5, 5.41) is 12.8. The Morgan fingerprint density at radius 1 is 1.42 bits per heavy atom. The van der Waals surface area contributed by atoms with Gasteiger partial charge in [0.2, 0.25) is 0 Å². The summed E-state index contributed by atoms with van der Waals surface area (Å²) in [6, 6.07) is 11.1. The maximum atomic E-state index is 11.2. The zero-order valence-electron chi connectivity index (χ0n) is 13.7. The third kappa shape index (κ3) is 2.60. The van der Waals surface area contributed by atoms with Crippen LogP contribution < -0.4 is 10.1 Å². The summed E-state index contributed by atoms with van der Waals surface area (Å²) in [5.41, 5.74) is 1.23. The molecule has 6 heteroatoms. The quantitative estimate of drug-likeness (QED) is 0.790. The standard InChI is InChI=1S/C18H21N3O3/c1-21-15(16(22)23)20-17(24-21)18(8-5-9-18)11-19-14-10-13(14)12-6-3-2-4-7-12/h2-4,6-7,13-14,19H,5,8-11H2,1H3/p+1/t13?,14-/m0/s1. The van der Waals surface area contributed by atoms with Gasteiger partial charge in [0.25, 0.3) is 0 Å². The van der Waals surface area contributed by atoms with Crippen molar-refractivity contribution in [3.05, 3.63) is 47.6 Å². The highest BCUT2D eigenvalue weighted by molar-refractivity contribution is 5.81. The minimum atomic E-state index is -1.05. The van der Waals surface area contributed by atoms with Crippen molar-refractivity contribution in [3.63, 3.8) is 0 Å². The molecule has 126 valence electrons. The van der Waals surface area contributed by atoms with E-state index in [0.717, 1.165) is 32.2 Å². The number of carboxylic acid groups (broad SMARTS) is 1. The average molecular weight is 328 g/mol. The summed E-state index contributed by atoms with van der Waals surface area (Å²) in [6.07, 6.45) is 4.26. The summed E-state index contributed by atoms with van der Waals surface area (Å²) in [7, 11) is 1.59. The molecule has 0 saturated heterocycles. The number of carboxylic acids is 1. The second kappa shape index (κ2) is 5.70. The van der Waals surface area contributed by atoms with Gasteiger partial charge in [0, 0.05) is 23.5 Å². The van der Waals surface area contributed by atoms with Crippen LogP contribution >= 0.6 is 0 Å². The normalized spacial score (nSPS) is 24.4. The number of nitrogens with one attached hydrogen (secondary N) is 1. The highest BCUT2D eigenvalue weighted by Crippen LogP contribution is 2.45. The number of hydrogen-bond donors (Lipinski definition) is 2. The molecule has 0 aliphatic heterocycles. The van der Waals surface area contributed by atoms with Gasteiger partial charge < -0.3 is 10.4 Å². The Morgan fingerprint density at radius 3 is 2.75 bits per heavy atom. The third-order valence-electron chi connectivity index (χ3n) is 5.41. The van der Waals surface area contributed by atoms with Crippen LogP contribution in [0.2, 0.25) is 0 Å². The van der Waals surface area contributed by atoms with Crippen LogP contribution in [0.4, 0.5) is 0 Å². The van der Waals surface area contributed by atoms with Gasteiger partial charge in [-0.25, -0.2) is 4.79 Å². The lowest BCUT2D eigenvalue weighted by molar-refractivity contribution is -0.848. The number of hydrogen-bond acceptors (Lipinski definition) is 4. The van der Waals surface area contributed by atoms with Crippen molar-refractivity contribution in [2.45, 2.75) is 43.1 Å².